The van der Waals surface area contributed by atoms with Crippen LogP contribution in [0, 0.1) is 11.7 Å². The summed E-state index contributed by atoms with van der Waals surface area (Å²) in [6.07, 6.45) is 5.51. The number of carbonyl (C=O) groups excluding carboxylic acids is 1. The Bertz CT molecular complexity index is 466. The molecule has 1 amide bonds. The summed E-state index contributed by atoms with van der Waals surface area (Å²) in [5.41, 5.74) is 6.52. The zero-order valence-corrected chi connectivity index (χ0v) is 11.1. The third kappa shape index (κ3) is 3.64. The van der Waals surface area contributed by atoms with Crippen molar-refractivity contribution < 1.29 is 9.18 Å². The van der Waals surface area contributed by atoms with E-state index >= 15 is 0 Å². The van der Waals surface area contributed by atoms with E-state index in [1.165, 1.54) is 18.2 Å². The number of hydrogen-bond acceptors (Lipinski definition) is 2. The fraction of sp³-hybridized carbons (Fsp3) is 0.400. The molecule has 1 fully saturated rings. The van der Waals surface area contributed by atoms with Crippen molar-refractivity contribution in [2.75, 3.05) is 13.6 Å². The standard InChI is InChI=1S/C15H19FN2O/c1-18(14(10-17)12-5-6-12)15(19)9-4-11-2-7-13(16)8-3-11/h2-4,7-9,12,14H,5-6,10,17H2,1H3/b9-4+. The van der Waals surface area contributed by atoms with Gasteiger partial charge in [-0.1, -0.05) is 12.1 Å². The van der Waals surface area contributed by atoms with Crippen LogP contribution in [0.2, 0.25) is 0 Å². The molecule has 3 nitrogen and oxygen atoms in total. The van der Waals surface area contributed by atoms with Gasteiger partial charge in [-0.25, -0.2) is 4.39 Å². The first-order valence-corrected chi connectivity index (χ1v) is 6.52. The summed E-state index contributed by atoms with van der Waals surface area (Å²) < 4.78 is 12.7. The summed E-state index contributed by atoms with van der Waals surface area (Å²) in [5, 5.41) is 0. The molecule has 0 saturated heterocycles. The van der Waals surface area contributed by atoms with E-state index in [0.29, 0.717) is 12.5 Å². The number of benzene rings is 1. The molecule has 1 aliphatic carbocycles. The van der Waals surface area contributed by atoms with Crippen molar-refractivity contribution in [1.82, 2.24) is 4.90 Å². The summed E-state index contributed by atoms with van der Waals surface area (Å²) in [5.74, 6) is 0.211. The monoisotopic (exact) mass is 262 g/mol. The molecular weight excluding hydrogens is 243 g/mol. The summed E-state index contributed by atoms with van der Waals surface area (Å²) in [6, 6.07) is 6.16. The van der Waals surface area contributed by atoms with Gasteiger partial charge in [0.1, 0.15) is 5.82 Å². The lowest BCUT2D eigenvalue weighted by Crippen LogP contribution is -2.42. The molecule has 102 valence electrons. The average Bonchev–Trinajstić information content (AvgIpc) is 3.23. The van der Waals surface area contributed by atoms with E-state index in [0.717, 1.165) is 18.4 Å². The Morgan fingerprint density at radius 2 is 2.11 bits per heavy atom. The summed E-state index contributed by atoms with van der Waals surface area (Å²) in [4.78, 5) is 13.7. The molecule has 1 aromatic rings. The van der Waals surface area contributed by atoms with E-state index in [9.17, 15) is 9.18 Å². The SMILES string of the molecule is CN(C(=O)/C=C/c1ccc(F)cc1)C(CN)C1CC1. The fourth-order valence-electron chi connectivity index (χ4n) is 2.17. The van der Waals surface area contributed by atoms with Gasteiger partial charge < -0.3 is 10.6 Å². The molecular formula is C15H19FN2O. The van der Waals surface area contributed by atoms with Crippen LogP contribution in [-0.4, -0.2) is 30.4 Å². The highest BCUT2D eigenvalue weighted by Crippen LogP contribution is 2.34. The smallest absolute Gasteiger partial charge is 0.246 e. The average molecular weight is 262 g/mol. The maximum Gasteiger partial charge on any atom is 0.246 e. The van der Waals surface area contributed by atoms with Crippen LogP contribution < -0.4 is 5.73 Å². The van der Waals surface area contributed by atoms with Crippen LogP contribution in [-0.2, 0) is 4.79 Å². The number of nitrogens with two attached hydrogens (primary N) is 1. The maximum absolute atomic E-state index is 12.7. The number of likely N-dealkylation sites (N-methyl/N-ethyl adjacent to an activating group) is 1. The number of nitrogens with zero attached hydrogens (tertiary/aromatic N) is 1. The Kier molecular flexibility index (Phi) is 4.32. The van der Waals surface area contributed by atoms with Gasteiger partial charge in [0.05, 0.1) is 0 Å². The molecule has 1 atom stereocenters. The quantitative estimate of drug-likeness (QED) is 0.825. The highest BCUT2D eigenvalue weighted by atomic mass is 19.1. The Labute approximate surface area is 112 Å². The topological polar surface area (TPSA) is 46.3 Å². The highest BCUT2D eigenvalue weighted by molar-refractivity contribution is 5.91. The van der Waals surface area contributed by atoms with Crippen LogP contribution in [0.3, 0.4) is 0 Å². The molecule has 0 aliphatic heterocycles. The molecule has 0 radical (unpaired) electrons. The van der Waals surface area contributed by atoms with Crippen molar-refractivity contribution in [2.45, 2.75) is 18.9 Å². The first kappa shape index (κ1) is 13.7. The minimum Gasteiger partial charge on any atom is -0.338 e. The van der Waals surface area contributed by atoms with E-state index in [1.54, 1.807) is 30.2 Å². The summed E-state index contributed by atoms with van der Waals surface area (Å²) >= 11 is 0. The van der Waals surface area contributed by atoms with Crippen LogP contribution in [0.4, 0.5) is 4.39 Å². The van der Waals surface area contributed by atoms with Crippen molar-refractivity contribution >= 4 is 12.0 Å². The van der Waals surface area contributed by atoms with Gasteiger partial charge in [-0.15, -0.1) is 0 Å². The van der Waals surface area contributed by atoms with E-state index < -0.39 is 0 Å². The van der Waals surface area contributed by atoms with Crippen LogP contribution >= 0.6 is 0 Å². The molecule has 1 saturated carbocycles. The van der Waals surface area contributed by atoms with Gasteiger partial charge in [-0.2, -0.15) is 0 Å². The summed E-state index contributed by atoms with van der Waals surface area (Å²) in [6.45, 7) is 0.497. The van der Waals surface area contributed by atoms with Crippen LogP contribution in [0.25, 0.3) is 6.08 Å². The minimum absolute atomic E-state index is 0.0633. The first-order chi connectivity index (χ1) is 9.11. The molecule has 19 heavy (non-hydrogen) atoms. The van der Waals surface area contributed by atoms with Gasteiger partial charge in [0, 0.05) is 25.7 Å². The Hall–Kier alpha value is -1.68. The lowest BCUT2D eigenvalue weighted by molar-refractivity contribution is -0.126. The van der Waals surface area contributed by atoms with Gasteiger partial charge in [-0.05, 0) is 42.5 Å². The van der Waals surface area contributed by atoms with E-state index in [1.807, 2.05) is 0 Å². The lowest BCUT2D eigenvalue weighted by atomic mass is 10.1. The minimum atomic E-state index is -0.280. The molecule has 1 aromatic carbocycles. The molecule has 0 bridgehead atoms. The van der Waals surface area contributed by atoms with Crippen LogP contribution in [0.5, 0.6) is 0 Å². The van der Waals surface area contributed by atoms with E-state index in [4.69, 9.17) is 5.73 Å². The number of halogens is 1. The second-order valence-corrected chi connectivity index (χ2v) is 4.97. The third-order valence-corrected chi connectivity index (χ3v) is 3.54. The van der Waals surface area contributed by atoms with Gasteiger partial charge in [0.25, 0.3) is 0 Å². The van der Waals surface area contributed by atoms with Crippen molar-refractivity contribution in [1.29, 1.82) is 0 Å². The molecule has 4 heteroatoms. The zero-order chi connectivity index (χ0) is 13.8. The largest absolute Gasteiger partial charge is 0.338 e. The van der Waals surface area contributed by atoms with E-state index in [2.05, 4.69) is 0 Å². The molecule has 2 N–H and O–H groups in total. The van der Waals surface area contributed by atoms with Crippen LogP contribution in [0.1, 0.15) is 18.4 Å². The third-order valence-electron chi connectivity index (χ3n) is 3.54. The number of carbonyl (C=O) groups is 1. The Balaban J connectivity index is 1.97. The fourth-order valence-corrected chi connectivity index (χ4v) is 2.17. The molecule has 0 spiro atoms. The number of amides is 1. The Morgan fingerprint density at radius 3 is 2.63 bits per heavy atom. The van der Waals surface area contributed by atoms with Crippen molar-refractivity contribution in [2.24, 2.45) is 11.7 Å². The second kappa shape index (κ2) is 5.97. The Morgan fingerprint density at radius 1 is 1.47 bits per heavy atom. The van der Waals surface area contributed by atoms with Crippen molar-refractivity contribution in [3.63, 3.8) is 0 Å². The zero-order valence-electron chi connectivity index (χ0n) is 11.1. The number of rotatable bonds is 5. The van der Waals surface area contributed by atoms with E-state index in [-0.39, 0.29) is 17.8 Å². The lowest BCUT2D eigenvalue weighted by Gasteiger charge is -2.25. The highest BCUT2D eigenvalue weighted by Gasteiger charge is 2.34. The van der Waals surface area contributed by atoms with Crippen molar-refractivity contribution in [3.8, 4) is 0 Å². The second-order valence-electron chi connectivity index (χ2n) is 4.97. The summed E-state index contributed by atoms with van der Waals surface area (Å²) in [7, 11) is 1.78. The normalized spacial score (nSPS) is 16.6. The maximum atomic E-state index is 12.7. The molecule has 1 unspecified atom stereocenters. The van der Waals surface area contributed by atoms with Gasteiger partial charge >= 0.3 is 0 Å². The predicted molar refractivity (Wildman–Crippen MR) is 73.8 cm³/mol. The molecule has 1 aliphatic rings. The first-order valence-electron chi connectivity index (χ1n) is 6.52. The van der Waals surface area contributed by atoms with Gasteiger partial charge in [0.15, 0.2) is 0 Å². The van der Waals surface area contributed by atoms with Gasteiger partial charge in [-0.3, -0.25) is 4.79 Å². The van der Waals surface area contributed by atoms with Gasteiger partial charge in [0.2, 0.25) is 5.91 Å². The molecule has 0 aromatic heterocycles. The molecule has 0 heterocycles. The van der Waals surface area contributed by atoms with Crippen LogP contribution in [0.15, 0.2) is 30.3 Å². The predicted octanol–water partition coefficient (Wildman–Crippen LogP) is 2.03. The number of hydrogen-bond donors (Lipinski definition) is 1. The van der Waals surface area contributed by atoms with Crippen molar-refractivity contribution in [3.05, 3.63) is 41.7 Å². The molecule has 2 rings (SSSR count).